The summed E-state index contributed by atoms with van der Waals surface area (Å²) >= 11 is 0. The Labute approximate surface area is 143 Å². The predicted molar refractivity (Wildman–Crippen MR) is 94.9 cm³/mol. The molecule has 0 unspecified atom stereocenters. The van der Waals surface area contributed by atoms with Crippen LogP contribution in [-0.2, 0) is 4.79 Å². The maximum Gasteiger partial charge on any atom is 0.260 e. The molecule has 0 aromatic heterocycles. The lowest BCUT2D eigenvalue weighted by atomic mass is 10.0. The second kappa shape index (κ2) is 8.50. The van der Waals surface area contributed by atoms with Crippen molar-refractivity contribution in [1.82, 2.24) is 5.32 Å². The van der Waals surface area contributed by atoms with Crippen LogP contribution in [0.5, 0.6) is 5.75 Å². The molecule has 2 N–H and O–H groups in total. The van der Waals surface area contributed by atoms with Gasteiger partial charge in [0.1, 0.15) is 5.75 Å². The Bertz CT molecular complexity index is 640. The van der Waals surface area contributed by atoms with Crippen molar-refractivity contribution >= 4 is 5.91 Å². The molecule has 0 radical (unpaired) electrons. The number of carbonyl (C=O) groups excluding carboxylic acids is 1. The number of aliphatic hydroxyl groups is 1. The average molecular weight is 327 g/mol. The molecule has 1 amide bonds. The van der Waals surface area contributed by atoms with Crippen molar-refractivity contribution in [3.63, 3.8) is 0 Å². The minimum Gasteiger partial charge on any atom is -0.481 e. The lowest BCUT2D eigenvalue weighted by Crippen LogP contribution is -2.41. The summed E-state index contributed by atoms with van der Waals surface area (Å²) < 4.78 is 5.65. The van der Waals surface area contributed by atoms with Crippen molar-refractivity contribution in [3.8, 4) is 5.75 Å². The monoisotopic (exact) mass is 327 g/mol. The second-order valence-corrected chi connectivity index (χ2v) is 6.14. The smallest absolute Gasteiger partial charge is 0.260 e. The minimum absolute atomic E-state index is 0.156. The predicted octanol–water partition coefficient (Wildman–Crippen LogP) is 3.39. The normalized spacial score (nSPS) is 14.5. The summed E-state index contributed by atoms with van der Waals surface area (Å²) in [6.07, 6.45) is -0.744. The van der Waals surface area contributed by atoms with Crippen molar-refractivity contribution < 1.29 is 14.6 Å². The Kier molecular flexibility index (Phi) is 6.38. The van der Waals surface area contributed by atoms with Gasteiger partial charge in [0.25, 0.3) is 5.91 Å². The van der Waals surface area contributed by atoms with Gasteiger partial charge in [0.15, 0.2) is 6.10 Å². The number of rotatable bonds is 7. The summed E-state index contributed by atoms with van der Waals surface area (Å²) in [7, 11) is 0. The summed E-state index contributed by atoms with van der Waals surface area (Å²) in [4.78, 5) is 12.2. The first kappa shape index (κ1) is 18.0. The van der Waals surface area contributed by atoms with Gasteiger partial charge in [0, 0.05) is 6.04 Å². The van der Waals surface area contributed by atoms with Crippen molar-refractivity contribution in [2.45, 2.75) is 45.4 Å². The first-order valence-corrected chi connectivity index (χ1v) is 8.22. The highest BCUT2D eigenvalue weighted by Crippen LogP contribution is 2.18. The number of carbonyl (C=O) groups is 1. The van der Waals surface area contributed by atoms with Gasteiger partial charge in [0.05, 0.1) is 6.10 Å². The van der Waals surface area contributed by atoms with Crippen molar-refractivity contribution in [2.75, 3.05) is 0 Å². The lowest BCUT2D eigenvalue weighted by Gasteiger charge is -2.21. The largest absolute Gasteiger partial charge is 0.481 e. The molecule has 0 aliphatic rings. The number of aryl methyl sites for hydroxylation is 1. The molecule has 0 fully saturated rings. The van der Waals surface area contributed by atoms with Gasteiger partial charge in [-0.3, -0.25) is 4.79 Å². The van der Waals surface area contributed by atoms with Crippen molar-refractivity contribution in [3.05, 3.63) is 65.7 Å². The summed E-state index contributed by atoms with van der Waals surface area (Å²) in [5.41, 5.74) is 1.99. The van der Waals surface area contributed by atoms with Gasteiger partial charge < -0.3 is 15.2 Å². The number of ether oxygens (including phenoxy) is 1. The molecule has 0 saturated heterocycles. The molecule has 0 saturated carbocycles. The van der Waals surface area contributed by atoms with Crippen LogP contribution in [0.4, 0.5) is 0 Å². The fourth-order valence-corrected chi connectivity index (χ4v) is 2.44. The quantitative estimate of drug-likeness (QED) is 0.819. The van der Waals surface area contributed by atoms with E-state index in [0.29, 0.717) is 12.2 Å². The van der Waals surface area contributed by atoms with Crippen LogP contribution >= 0.6 is 0 Å². The summed E-state index contributed by atoms with van der Waals surface area (Å²) in [6.45, 7) is 5.60. The molecule has 24 heavy (non-hydrogen) atoms. The van der Waals surface area contributed by atoms with E-state index in [1.54, 1.807) is 6.92 Å². The van der Waals surface area contributed by atoms with E-state index >= 15 is 0 Å². The summed E-state index contributed by atoms with van der Waals surface area (Å²) in [5.74, 6) is 0.476. The van der Waals surface area contributed by atoms with Crippen LogP contribution in [-0.4, -0.2) is 23.2 Å². The third-order valence-corrected chi connectivity index (χ3v) is 3.85. The molecule has 3 atom stereocenters. The second-order valence-electron chi connectivity index (χ2n) is 6.14. The molecule has 0 bridgehead atoms. The topological polar surface area (TPSA) is 58.6 Å². The number of aliphatic hydroxyl groups excluding tert-OH is 1. The highest BCUT2D eigenvalue weighted by atomic mass is 16.5. The Hall–Kier alpha value is -2.33. The molecule has 2 aromatic rings. The zero-order chi connectivity index (χ0) is 17.5. The highest BCUT2D eigenvalue weighted by Gasteiger charge is 2.19. The maximum atomic E-state index is 12.2. The van der Waals surface area contributed by atoms with Crippen LogP contribution in [0.1, 0.15) is 37.5 Å². The van der Waals surface area contributed by atoms with Crippen LogP contribution in [0.15, 0.2) is 54.6 Å². The van der Waals surface area contributed by atoms with E-state index < -0.39 is 12.2 Å². The van der Waals surface area contributed by atoms with Gasteiger partial charge >= 0.3 is 0 Å². The van der Waals surface area contributed by atoms with Crippen LogP contribution in [0, 0.1) is 6.92 Å². The Balaban J connectivity index is 1.83. The van der Waals surface area contributed by atoms with Crippen LogP contribution in [0.3, 0.4) is 0 Å². The fraction of sp³-hybridized carbons (Fsp3) is 0.350. The van der Waals surface area contributed by atoms with E-state index in [1.165, 1.54) is 0 Å². The Morgan fingerprint density at radius 3 is 2.33 bits per heavy atom. The maximum absolute atomic E-state index is 12.2. The van der Waals surface area contributed by atoms with Gasteiger partial charge in [-0.2, -0.15) is 0 Å². The van der Waals surface area contributed by atoms with E-state index in [2.05, 4.69) is 5.32 Å². The molecule has 0 spiro atoms. The van der Waals surface area contributed by atoms with Crippen molar-refractivity contribution in [2.24, 2.45) is 0 Å². The van der Waals surface area contributed by atoms with E-state index in [-0.39, 0.29) is 11.9 Å². The summed E-state index contributed by atoms with van der Waals surface area (Å²) in [5, 5.41) is 13.1. The zero-order valence-corrected chi connectivity index (χ0v) is 14.4. The third kappa shape index (κ3) is 5.39. The van der Waals surface area contributed by atoms with Crippen LogP contribution in [0.2, 0.25) is 0 Å². The first-order chi connectivity index (χ1) is 11.5. The van der Waals surface area contributed by atoms with Crippen LogP contribution in [0.25, 0.3) is 0 Å². The third-order valence-electron chi connectivity index (χ3n) is 3.85. The molecule has 0 aliphatic carbocycles. The van der Waals surface area contributed by atoms with Gasteiger partial charge in [0.2, 0.25) is 0 Å². The molecular formula is C20H25NO3. The van der Waals surface area contributed by atoms with Gasteiger partial charge in [-0.15, -0.1) is 0 Å². The van der Waals surface area contributed by atoms with Gasteiger partial charge in [-0.1, -0.05) is 48.0 Å². The van der Waals surface area contributed by atoms with E-state index in [4.69, 9.17) is 4.74 Å². The first-order valence-electron chi connectivity index (χ1n) is 8.22. The standard InChI is InChI=1S/C20H25NO3/c1-14-9-11-18(12-10-14)24-16(3)20(23)21-15(2)13-19(22)17-7-5-4-6-8-17/h4-12,15-16,19,22H,13H2,1-3H3,(H,21,23)/t15-,16-,19+/m1/s1. The van der Waals surface area contributed by atoms with Gasteiger partial charge in [-0.05, 0) is 44.9 Å². The molecule has 4 nitrogen and oxygen atoms in total. The average Bonchev–Trinajstić information content (AvgIpc) is 2.57. The fourth-order valence-electron chi connectivity index (χ4n) is 2.44. The molecule has 2 aromatic carbocycles. The van der Waals surface area contributed by atoms with E-state index in [9.17, 15) is 9.90 Å². The minimum atomic E-state index is -0.602. The SMILES string of the molecule is Cc1ccc(O[C@H](C)C(=O)N[C@H](C)C[C@H](O)c2ccccc2)cc1. The summed E-state index contributed by atoms with van der Waals surface area (Å²) in [6, 6.07) is 16.9. The molecule has 128 valence electrons. The van der Waals surface area contributed by atoms with Gasteiger partial charge in [-0.25, -0.2) is 0 Å². The van der Waals surface area contributed by atoms with E-state index in [0.717, 1.165) is 11.1 Å². The molecule has 0 aliphatic heterocycles. The lowest BCUT2D eigenvalue weighted by molar-refractivity contribution is -0.128. The van der Waals surface area contributed by atoms with Crippen LogP contribution < -0.4 is 10.1 Å². The number of benzene rings is 2. The number of nitrogens with one attached hydrogen (secondary N) is 1. The molecule has 4 heteroatoms. The molecular weight excluding hydrogens is 302 g/mol. The highest BCUT2D eigenvalue weighted by molar-refractivity contribution is 5.80. The number of amides is 1. The Morgan fingerprint density at radius 1 is 1.08 bits per heavy atom. The van der Waals surface area contributed by atoms with Crippen molar-refractivity contribution in [1.29, 1.82) is 0 Å². The number of hydrogen-bond acceptors (Lipinski definition) is 3. The molecule has 0 heterocycles. The molecule has 2 rings (SSSR count). The zero-order valence-electron chi connectivity index (χ0n) is 14.4. The van der Waals surface area contributed by atoms with E-state index in [1.807, 2.05) is 68.4 Å². The Morgan fingerprint density at radius 2 is 1.71 bits per heavy atom. The number of hydrogen-bond donors (Lipinski definition) is 2.